The second kappa shape index (κ2) is 10.9. The minimum Gasteiger partial charge on any atom is -0.480 e. The molecule has 0 amide bonds. The molecule has 0 unspecified atom stereocenters. The molecule has 0 aliphatic carbocycles. The molecule has 0 atom stereocenters. The highest BCUT2D eigenvalue weighted by molar-refractivity contribution is 5.88. The number of methoxy groups -OCH3 is 1. The Balaban J connectivity index is 1.32. The van der Waals surface area contributed by atoms with Gasteiger partial charge in [-0.05, 0) is 66.9 Å². The van der Waals surface area contributed by atoms with Gasteiger partial charge in [0.1, 0.15) is 22.5 Å². The quantitative estimate of drug-likeness (QED) is 0.284. The third-order valence-electron chi connectivity index (χ3n) is 6.83. The number of aromatic nitrogens is 4. The van der Waals surface area contributed by atoms with Crippen molar-refractivity contribution in [3.05, 3.63) is 76.4 Å². The number of hydrogen-bond donors (Lipinski definition) is 0. The molecule has 0 saturated carbocycles. The molecule has 4 heterocycles. The van der Waals surface area contributed by atoms with E-state index < -0.39 is 0 Å². The van der Waals surface area contributed by atoms with Crippen LogP contribution in [-0.4, -0.2) is 58.4 Å². The van der Waals surface area contributed by atoms with Gasteiger partial charge in [-0.3, -0.25) is 4.90 Å². The van der Waals surface area contributed by atoms with Crippen molar-refractivity contribution in [1.82, 2.24) is 25.0 Å². The summed E-state index contributed by atoms with van der Waals surface area (Å²) in [4.78, 5) is 15.7. The molecule has 1 saturated heterocycles. The molecule has 202 valence electrons. The van der Waals surface area contributed by atoms with Gasteiger partial charge >= 0.3 is 0 Å². The Kier molecular flexibility index (Phi) is 7.03. The van der Waals surface area contributed by atoms with Crippen LogP contribution >= 0.6 is 0 Å². The van der Waals surface area contributed by atoms with Gasteiger partial charge in [-0.1, -0.05) is 17.9 Å². The first kappa shape index (κ1) is 25.7. The highest BCUT2D eigenvalue weighted by Gasteiger charge is 2.19. The molecule has 2 aromatic carbocycles. The third kappa shape index (κ3) is 5.32. The molecule has 1 fully saturated rings. The average Bonchev–Trinajstić information content (AvgIpc) is 3.34. The Morgan fingerprint density at radius 3 is 2.58 bits per heavy atom. The SMILES string of the molecule is COc1ncc2c(Oc3cc(C)cc(CN4CCOCC4)c3)noc2c1C#Cc1cc(C)c2cnc(C)nc2c1. The van der Waals surface area contributed by atoms with Crippen molar-refractivity contribution in [2.24, 2.45) is 0 Å². The van der Waals surface area contributed by atoms with E-state index in [2.05, 4.69) is 49.8 Å². The number of rotatable bonds is 5. The number of morpholine rings is 1. The van der Waals surface area contributed by atoms with Crippen LogP contribution in [0.25, 0.3) is 21.9 Å². The van der Waals surface area contributed by atoms with Gasteiger partial charge in [-0.25, -0.2) is 15.0 Å². The van der Waals surface area contributed by atoms with Crippen LogP contribution in [0.1, 0.15) is 33.6 Å². The van der Waals surface area contributed by atoms with Crippen LogP contribution in [0.5, 0.6) is 17.5 Å². The summed E-state index contributed by atoms with van der Waals surface area (Å²) in [5, 5.41) is 5.83. The van der Waals surface area contributed by atoms with E-state index in [-0.39, 0.29) is 0 Å². The number of fused-ring (bicyclic) bond motifs is 2. The predicted octanol–water partition coefficient (Wildman–Crippen LogP) is 5.12. The fourth-order valence-electron chi connectivity index (χ4n) is 4.91. The van der Waals surface area contributed by atoms with Gasteiger partial charge in [0.05, 0.1) is 25.8 Å². The molecule has 3 aromatic heterocycles. The lowest BCUT2D eigenvalue weighted by atomic mass is 10.1. The molecule has 1 aliphatic heterocycles. The Bertz CT molecular complexity index is 1780. The lowest BCUT2D eigenvalue weighted by molar-refractivity contribution is 0.0341. The number of benzene rings is 2. The van der Waals surface area contributed by atoms with Gasteiger partial charge in [0.15, 0.2) is 5.58 Å². The Hall–Kier alpha value is -4.52. The zero-order valence-electron chi connectivity index (χ0n) is 22.9. The van der Waals surface area contributed by atoms with E-state index in [4.69, 9.17) is 18.7 Å². The first-order valence-corrected chi connectivity index (χ1v) is 13.1. The van der Waals surface area contributed by atoms with E-state index in [9.17, 15) is 0 Å². The van der Waals surface area contributed by atoms with Crippen molar-refractivity contribution in [2.75, 3.05) is 33.4 Å². The van der Waals surface area contributed by atoms with E-state index in [1.54, 1.807) is 13.3 Å². The van der Waals surface area contributed by atoms with Gasteiger partial charge in [-0.15, -0.1) is 0 Å². The molecule has 6 rings (SSSR count). The first-order chi connectivity index (χ1) is 19.5. The van der Waals surface area contributed by atoms with Crippen molar-refractivity contribution in [1.29, 1.82) is 0 Å². The Morgan fingerprint density at radius 2 is 1.75 bits per heavy atom. The largest absolute Gasteiger partial charge is 0.480 e. The third-order valence-corrected chi connectivity index (χ3v) is 6.83. The molecule has 0 N–H and O–H groups in total. The van der Waals surface area contributed by atoms with Crippen LogP contribution in [-0.2, 0) is 11.3 Å². The molecule has 9 heteroatoms. The summed E-state index contributed by atoms with van der Waals surface area (Å²) in [5.74, 6) is 8.48. The summed E-state index contributed by atoms with van der Waals surface area (Å²) >= 11 is 0. The lowest BCUT2D eigenvalue weighted by Gasteiger charge is -2.26. The summed E-state index contributed by atoms with van der Waals surface area (Å²) in [6.45, 7) is 10.1. The van der Waals surface area contributed by atoms with Crippen molar-refractivity contribution >= 4 is 21.9 Å². The topological polar surface area (TPSA) is 95.6 Å². The zero-order chi connectivity index (χ0) is 27.6. The maximum atomic E-state index is 6.22. The van der Waals surface area contributed by atoms with Crippen LogP contribution in [0.15, 0.2) is 47.2 Å². The Labute approximate surface area is 232 Å². The number of ether oxygens (including phenoxy) is 3. The molecule has 40 heavy (non-hydrogen) atoms. The second-order valence-electron chi connectivity index (χ2n) is 9.91. The summed E-state index contributed by atoms with van der Waals surface area (Å²) in [6, 6.07) is 10.1. The van der Waals surface area contributed by atoms with Crippen LogP contribution in [0.2, 0.25) is 0 Å². The highest BCUT2D eigenvalue weighted by Crippen LogP contribution is 2.34. The predicted molar refractivity (Wildman–Crippen MR) is 151 cm³/mol. The fourth-order valence-corrected chi connectivity index (χ4v) is 4.91. The van der Waals surface area contributed by atoms with Crippen molar-refractivity contribution in [2.45, 2.75) is 27.3 Å². The number of hydrogen-bond acceptors (Lipinski definition) is 9. The normalized spacial score (nSPS) is 13.8. The summed E-state index contributed by atoms with van der Waals surface area (Å²) in [6.07, 6.45) is 3.48. The summed E-state index contributed by atoms with van der Waals surface area (Å²) < 4.78 is 22.9. The first-order valence-electron chi connectivity index (χ1n) is 13.1. The standard InChI is InChI=1S/C31H29N5O4/c1-19-11-23(18-36-7-9-38-10-8-36)14-24(12-19)39-31-27-17-33-30(37-4)25(29(27)40-35-31)6-5-22-13-20(2)26-16-32-21(3)34-28(26)15-22/h11-17H,7-10,18H2,1-4H3. The van der Waals surface area contributed by atoms with E-state index in [0.29, 0.717) is 39.9 Å². The molecule has 1 aliphatic rings. The highest BCUT2D eigenvalue weighted by atomic mass is 16.5. The molecule has 5 aromatic rings. The average molecular weight is 536 g/mol. The van der Waals surface area contributed by atoms with Crippen molar-refractivity contribution < 1.29 is 18.7 Å². The van der Waals surface area contributed by atoms with Crippen molar-refractivity contribution in [3.63, 3.8) is 0 Å². The molecular formula is C31H29N5O4. The fraction of sp³-hybridized carbons (Fsp3) is 0.290. The monoisotopic (exact) mass is 535 g/mol. The van der Waals surface area contributed by atoms with Gasteiger partial charge in [0.25, 0.3) is 5.88 Å². The maximum absolute atomic E-state index is 6.22. The van der Waals surface area contributed by atoms with Gasteiger partial charge < -0.3 is 18.7 Å². The van der Waals surface area contributed by atoms with Crippen LogP contribution in [0.3, 0.4) is 0 Å². The van der Waals surface area contributed by atoms with E-state index >= 15 is 0 Å². The van der Waals surface area contributed by atoms with Gasteiger partial charge in [0.2, 0.25) is 5.88 Å². The van der Waals surface area contributed by atoms with Crippen LogP contribution in [0, 0.1) is 32.6 Å². The summed E-state index contributed by atoms with van der Waals surface area (Å²) in [7, 11) is 1.55. The minimum atomic E-state index is 0.324. The summed E-state index contributed by atoms with van der Waals surface area (Å²) in [5.41, 5.74) is 5.93. The van der Waals surface area contributed by atoms with E-state index in [0.717, 1.165) is 60.4 Å². The number of nitrogens with zero attached hydrogens (tertiary/aromatic N) is 5. The number of pyridine rings is 1. The zero-order valence-corrected chi connectivity index (χ0v) is 22.9. The van der Waals surface area contributed by atoms with Crippen LogP contribution < -0.4 is 9.47 Å². The molecular weight excluding hydrogens is 506 g/mol. The van der Waals surface area contributed by atoms with E-state index in [1.807, 2.05) is 44.3 Å². The lowest BCUT2D eigenvalue weighted by Crippen LogP contribution is -2.35. The molecule has 0 bridgehead atoms. The smallest absolute Gasteiger partial charge is 0.269 e. The molecule has 0 radical (unpaired) electrons. The second-order valence-corrected chi connectivity index (χ2v) is 9.91. The molecule has 0 spiro atoms. The van der Waals surface area contributed by atoms with Crippen molar-refractivity contribution in [3.8, 4) is 29.4 Å². The molecule has 9 nitrogen and oxygen atoms in total. The van der Waals surface area contributed by atoms with E-state index in [1.165, 1.54) is 5.56 Å². The van der Waals surface area contributed by atoms with Crippen LogP contribution in [0.4, 0.5) is 0 Å². The minimum absolute atomic E-state index is 0.324. The number of aryl methyl sites for hydroxylation is 3. The van der Waals surface area contributed by atoms with Gasteiger partial charge in [0, 0.05) is 43.0 Å². The Morgan fingerprint density at radius 1 is 0.925 bits per heavy atom. The maximum Gasteiger partial charge on any atom is 0.269 e. The van der Waals surface area contributed by atoms with Gasteiger partial charge in [-0.2, -0.15) is 0 Å².